The number of phenolic OH excluding ortho intramolecular Hbond substituents is 1. The molecule has 0 saturated heterocycles. The van der Waals surface area contributed by atoms with Gasteiger partial charge in [0.05, 0.1) is 18.2 Å². The maximum Gasteiger partial charge on any atom is 0.276 e. The van der Waals surface area contributed by atoms with Crippen molar-refractivity contribution in [2.24, 2.45) is 5.10 Å². The molecule has 23 heavy (non-hydrogen) atoms. The van der Waals surface area contributed by atoms with Crippen LogP contribution in [0.15, 0.2) is 46.4 Å². The molecule has 2 N–H and O–H groups in total. The first kappa shape index (κ1) is 16.8. The van der Waals surface area contributed by atoms with Crippen molar-refractivity contribution in [1.82, 2.24) is 4.83 Å². The van der Waals surface area contributed by atoms with Gasteiger partial charge in [-0.15, -0.1) is 0 Å². The first-order chi connectivity index (χ1) is 10.8. The van der Waals surface area contributed by atoms with E-state index in [4.69, 9.17) is 4.74 Å². The van der Waals surface area contributed by atoms with Gasteiger partial charge < -0.3 is 9.84 Å². The molecule has 2 aromatic rings. The van der Waals surface area contributed by atoms with Gasteiger partial charge in [-0.05, 0) is 49.2 Å². The van der Waals surface area contributed by atoms with Gasteiger partial charge in [-0.25, -0.2) is 4.83 Å². The number of rotatable bonds is 5. The lowest BCUT2D eigenvalue weighted by molar-refractivity contribution is 0.373. The van der Waals surface area contributed by atoms with Gasteiger partial charge in [0.1, 0.15) is 0 Å². The first-order valence-electron chi connectivity index (χ1n) is 6.83. The average Bonchev–Trinajstić information content (AvgIpc) is 2.51. The summed E-state index contributed by atoms with van der Waals surface area (Å²) in [7, 11) is -2.33. The van der Waals surface area contributed by atoms with Gasteiger partial charge in [0.25, 0.3) is 10.0 Å². The molecular weight excluding hydrogens is 316 g/mol. The third kappa shape index (κ3) is 3.81. The number of ether oxygens (including phenoxy) is 1. The molecule has 122 valence electrons. The number of methoxy groups -OCH3 is 1. The summed E-state index contributed by atoms with van der Waals surface area (Å²) in [5.41, 5.74) is 2.23. The molecule has 0 amide bonds. The Morgan fingerprint density at radius 1 is 1.17 bits per heavy atom. The highest BCUT2D eigenvalue weighted by molar-refractivity contribution is 7.89. The second kappa shape index (κ2) is 6.70. The summed E-state index contributed by atoms with van der Waals surface area (Å²) in [5, 5.41) is 13.6. The molecule has 0 aromatic heterocycles. The highest BCUT2D eigenvalue weighted by atomic mass is 32.2. The van der Waals surface area contributed by atoms with Crippen molar-refractivity contribution in [2.75, 3.05) is 7.11 Å². The zero-order chi connectivity index (χ0) is 17.0. The monoisotopic (exact) mass is 334 g/mol. The van der Waals surface area contributed by atoms with Crippen molar-refractivity contribution in [3.05, 3.63) is 53.1 Å². The summed E-state index contributed by atoms with van der Waals surface area (Å²) < 4.78 is 29.3. The molecule has 0 bridgehead atoms. The summed E-state index contributed by atoms with van der Waals surface area (Å²) in [6.07, 6.45) is 1.22. The van der Waals surface area contributed by atoms with Gasteiger partial charge in [0, 0.05) is 5.56 Å². The minimum absolute atomic E-state index is 0.107. The predicted molar refractivity (Wildman–Crippen MR) is 88.5 cm³/mol. The number of benzene rings is 2. The van der Waals surface area contributed by atoms with Gasteiger partial charge in [-0.1, -0.05) is 12.1 Å². The smallest absolute Gasteiger partial charge is 0.276 e. The standard InChI is InChI=1S/C16H18N2O4S/c1-11-7-8-14(9-12(11)2)23(20,21)18-17-10-13-5-4-6-15(22-3)16(13)19/h4-10,18-19H,1-3H3. The SMILES string of the molecule is COc1cccc(C=NNS(=O)(=O)c2ccc(C)c(C)c2)c1O. The molecule has 0 spiro atoms. The number of hydrazone groups is 1. The minimum atomic E-state index is -3.76. The Morgan fingerprint density at radius 3 is 2.57 bits per heavy atom. The van der Waals surface area contributed by atoms with Crippen LogP contribution in [-0.2, 0) is 10.0 Å². The molecule has 0 saturated carbocycles. The number of nitrogens with one attached hydrogen (secondary N) is 1. The van der Waals surface area contributed by atoms with Gasteiger partial charge in [0.15, 0.2) is 11.5 Å². The van der Waals surface area contributed by atoms with E-state index in [0.29, 0.717) is 5.56 Å². The van der Waals surface area contributed by atoms with Crippen LogP contribution in [0.5, 0.6) is 11.5 Å². The van der Waals surface area contributed by atoms with E-state index in [9.17, 15) is 13.5 Å². The Morgan fingerprint density at radius 2 is 1.91 bits per heavy atom. The Balaban J connectivity index is 2.20. The number of para-hydroxylation sites is 1. The van der Waals surface area contributed by atoms with Gasteiger partial charge in [0.2, 0.25) is 0 Å². The van der Waals surface area contributed by atoms with Crippen LogP contribution in [0.2, 0.25) is 0 Å². The summed E-state index contributed by atoms with van der Waals surface area (Å²) in [6, 6.07) is 9.68. The van der Waals surface area contributed by atoms with E-state index >= 15 is 0 Å². The molecule has 2 rings (SSSR count). The van der Waals surface area contributed by atoms with Crippen LogP contribution in [0.1, 0.15) is 16.7 Å². The zero-order valence-corrected chi connectivity index (χ0v) is 13.9. The highest BCUT2D eigenvalue weighted by Crippen LogP contribution is 2.27. The van der Waals surface area contributed by atoms with Crippen LogP contribution in [0.4, 0.5) is 0 Å². The van der Waals surface area contributed by atoms with Crippen LogP contribution < -0.4 is 9.57 Å². The fourth-order valence-corrected chi connectivity index (χ4v) is 2.78. The number of hydrogen-bond donors (Lipinski definition) is 2. The summed E-state index contributed by atoms with van der Waals surface area (Å²) in [4.78, 5) is 2.26. The van der Waals surface area contributed by atoms with E-state index in [2.05, 4.69) is 9.93 Å². The Kier molecular flexibility index (Phi) is 4.90. The maximum atomic E-state index is 12.2. The number of aromatic hydroxyl groups is 1. The Hall–Kier alpha value is -2.54. The summed E-state index contributed by atoms with van der Waals surface area (Å²) in [5.74, 6) is 0.176. The van der Waals surface area contributed by atoms with Crippen LogP contribution in [0.25, 0.3) is 0 Å². The third-order valence-electron chi connectivity index (χ3n) is 3.42. The lowest BCUT2D eigenvalue weighted by Crippen LogP contribution is -2.18. The molecule has 0 fully saturated rings. The largest absolute Gasteiger partial charge is 0.504 e. The van der Waals surface area contributed by atoms with Gasteiger partial charge >= 0.3 is 0 Å². The quantitative estimate of drug-likeness (QED) is 0.649. The van der Waals surface area contributed by atoms with Crippen LogP contribution in [0.3, 0.4) is 0 Å². The highest BCUT2D eigenvalue weighted by Gasteiger charge is 2.13. The lowest BCUT2D eigenvalue weighted by atomic mass is 10.1. The van der Waals surface area contributed by atoms with Gasteiger partial charge in [-0.2, -0.15) is 13.5 Å². The molecule has 0 aliphatic rings. The van der Waals surface area contributed by atoms with Crippen molar-refractivity contribution < 1.29 is 18.3 Å². The van der Waals surface area contributed by atoms with Crippen molar-refractivity contribution >= 4 is 16.2 Å². The predicted octanol–water partition coefficient (Wildman–Crippen LogP) is 2.33. The van der Waals surface area contributed by atoms with Crippen LogP contribution >= 0.6 is 0 Å². The third-order valence-corrected chi connectivity index (χ3v) is 4.64. The lowest BCUT2D eigenvalue weighted by Gasteiger charge is -2.07. The fourth-order valence-electron chi connectivity index (χ4n) is 1.91. The number of nitrogens with zero attached hydrogens (tertiary/aromatic N) is 1. The second-order valence-corrected chi connectivity index (χ2v) is 6.66. The van der Waals surface area contributed by atoms with Crippen molar-refractivity contribution in [3.8, 4) is 11.5 Å². The number of phenols is 1. The zero-order valence-electron chi connectivity index (χ0n) is 13.1. The van der Waals surface area contributed by atoms with E-state index in [1.54, 1.807) is 30.3 Å². The molecule has 0 aliphatic carbocycles. The second-order valence-electron chi connectivity index (χ2n) is 5.00. The van der Waals surface area contributed by atoms with E-state index in [0.717, 1.165) is 11.1 Å². The molecule has 2 aromatic carbocycles. The van der Waals surface area contributed by atoms with E-state index in [-0.39, 0.29) is 16.4 Å². The van der Waals surface area contributed by atoms with Crippen molar-refractivity contribution in [3.63, 3.8) is 0 Å². The molecule has 6 nitrogen and oxygen atoms in total. The van der Waals surface area contributed by atoms with Crippen LogP contribution in [0, 0.1) is 13.8 Å². The maximum absolute atomic E-state index is 12.2. The molecule has 0 atom stereocenters. The Bertz CT molecular complexity index is 845. The molecule has 0 unspecified atom stereocenters. The minimum Gasteiger partial charge on any atom is -0.504 e. The molecule has 0 aliphatic heterocycles. The van der Waals surface area contributed by atoms with Crippen molar-refractivity contribution in [1.29, 1.82) is 0 Å². The van der Waals surface area contributed by atoms with Crippen LogP contribution in [-0.4, -0.2) is 26.8 Å². The number of aryl methyl sites for hydroxylation is 2. The molecule has 0 heterocycles. The van der Waals surface area contributed by atoms with E-state index in [1.165, 1.54) is 19.4 Å². The number of sulfonamides is 1. The molecule has 7 heteroatoms. The normalized spacial score (nSPS) is 11.6. The van der Waals surface area contributed by atoms with Gasteiger partial charge in [-0.3, -0.25) is 0 Å². The van der Waals surface area contributed by atoms with E-state index < -0.39 is 10.0 Å². The summed E-state index contributed by atoms with van der Waals surface area (Å²) in [6.45, 7) is 3.74. The van der Waals surface area contributed by atoms with Crippen molar-refractivity contribution in [2.45, 2.75) is 18.7 Å². The average molecular weight is 334 g/mol. The summed E-state index contributed by atoms with van der Waals surface area (Å²) >= 11 is 0. The Labute approximate surface area is 135 Å². The van der Waals surface area contributed by atoms with E-state index in [1.807, 2.05) is 13.8 Å². The topological polar surface area (TPSA) is 88.0 Å². The molecule has 0 radical (unpaired) electrons. The molecular formula is C16H18N2O4S. The number of hydrogen-bond acceptors (Lipinski definition) is 5. The first-order valence-corrected chi connectivity index (χ1v) is 8.31. The fraction of sp³-hybridized carbons (Fsp3) is 0.188.